The molecule has 0 aromatic rings. The van der Waals surface area contributed by atoms with Crippen LogP contribution in [0.25, 0.3) is 0 Å². The molecule has 0 radical (unpaired) electrons. The lowest BCUT2D eigenvalue weighted by Crippen LogP contribution is -2.61. The molecule has 0 aliphatic carbocycles. The van der Waals surface area contributed by atoms with Crippen molar-refractivity contribution in [2.45, 2.75) is 113 Å². The second-order valence-corrected chi connectivity index (χ2v) is 15.9. The molecule has 0 aromatic carbocycles. The fourth-order valence-corrected chi connectivity index (χ4v) is 5.90. The molecule has 0 saturated carbocycles. The quantitative estimate of drug-likeness (QED) is 0.0275. The molecule has 0 heterocycles. The molecule has 0 saturated heterocycles. The lowest BCUT2D eigenvalue weighted by molar-refractivity contribution is -0.147. The average Bonchev–Trinajstić information content (AvgIpc) is 3.30. The highest BCUT2D eigenvalue weighted by Crippen LogP contribution is 2.07. The van der Waals surface area contributed by atoms with Crippen LogP contribution < -0.4 is 64.6 Å². The number of rotatable bonds is 37. The van der Waals surface area contributed by atoms with Crippen molar-refractivity contribution in [3.8, 4) is 0 Å². The van der Waals surface area contributed by atoms with Crippen LogP contribution in [0, 0.1) is 0 Å². The Hall–Kier alpha value is -9.62. The van der Waals surface area contributed by atoms with Crippen LogP contribution in [-0.2, 0) is 86.3 Å². The Balaban J connectivity index is 6.61. The van der Waals surface area contributed by atoms with Crippen molar-refractivity contribution in [1.82, 2.24) is 53.2 Å². The van der Waals surface area contributed by atoms with Crippen molar-refractivity contribution in [3.05, 3.63) is 0 Å². The summed E-state index contributed by atoms with van der Waals surface area (Å²) in [6.45, 7) is -2.49. The van der Waals surface area contributed by atoms with Gasteiger partial charge in [0.1, 0.15) is 54.4 Å². The number of aliphatic hydroxyl groups excluding tert-OH is 2. The van der Waals surface area contributed by atoms with E-state index in [0.29, 0.717) is 0 Å². The zero-order valence-corrected chi connectivity index (χ0v) is 40.1. The highest BCUT2D eigenvalue weighted by Gasteiger charge is 2.37. The highest BCUT2D eigenvalue weighted by molar-refractivity contribution is 6.01. The van der Waals surface area contributed by atoms with Crippen LogP contribution >= 0.6 is 0 Å². The molecule has 0 rings (SSSR count). The number of hydrogen-bond acceptors (Lipinski definition) is 20. The zero-order valence-electron chi connectivity index (χ0n) is 40.1. The third kappa shape index (κ3) is 27.3. The van der Waals surface area contributed by atoms with Gasteiger partial charge >= 0.3 is 35.8 Å². The molecule has 0 aromatic heterocycles. The van der Waals surface area contributed by atoms with Crippen LogP contribution in [0.15, 0.2) is 0 Å². The summed E-state index contributed by atoms with van der Waals surface area (Å²) in [6, 6.07) is -19.6. The van der Waals surface area contributed by atoms with Gasteiger partial charge < -0.3 is 105 Å². The summed E-state index contributed by atoms with van der Waals surface area (Å²) in [7, 11) is 0. The molecule has 0 spiro atoms. The van der Waals surface area contributed by atoms with Crippen LogP contribution in [0.5, 0.6) is 0 Å². The van der Waals surface area contributed by atoms with Gasteiger partial charge in [-0.3, -0.25) is 81.5 Å². The average molecular weight is 1110 g/mol. The van der Waals surface area contributed by atoms with E-state index in [-0.39, 0.29) is 0 Å². The standard InChI is InChI=1S/C39H56N12O26/c1-13(54)42-10-25(57)43-17(6-27(60)61)34(71)45-15(4-23(40)55)32(69)48-19(8-29(64)65)36(73)51-21(11-52)37(74)44-14(2-3-26(58)59)31(68)47-18(7-28(62)63)35(72)46-16(5-24(41)56)33(70)50-22(12-53)38(75)49-20(39(76)77)9-30(66)67/h14-22,52-53H,2-12H2,1H3,(H2,40,55)(H2,41,56)(H,42,54)(H,43,57)(H,44,74)(H,45,71)(H,46,72)(H,47,68)(H,48,69)(H,49,75)(H,50,70)(H,51,73)(H,58,59)(H,60,61)(H,62,63)(H,64,65)(H,66,67)(H,76,77)/t14-,15-,16-,17-,18-,19-,20-,21-,22-/m1/s1. The number of carboxylic acids is 6. The van der Waals surface area contributed by atoms with Crippen LogP contribution in [0.1, 0.15) is 58.3 Å². The normalized spacial score (nSPS) is 14.1. The summed E-state index contributed by atoms with van der Waals surface area (Å²) in [4.78, 5) is 222. The molecule has 0 unspecified atom stereocenters. The third-order valence-corrected chi connectivity index (χ3v) is 9.53. The zero-order chi connectivity index (χ0) is 59.4. The molecule has 0 bridgehead atoms. The van der Waals surface area contributed by atoms with Gasteiger partial charge in [-0.1, -0.05) is 0 Å². The minimum atomic E-state index is -2.33. The molecule has 12 amide bonds. The number of nitrogens with one attached hydrogen (secondary N) is 10. The lowest BCUT2D eigenvalue weighted by atomic mass is 10.1. The maximum Gasteiger partial charge on any atom is 0.326 e. The molecule has 428 valence electrons. The van der Waals surface area contributed by atoms with Crippen LogP contribution in [0.2, 0.25) is 0 Å². The lowest BCUT2D eigenvalue weighted by Gasteiger charge is -2.27. The summed E-state index contributed by atoms with van der Waals surface area (Å²) in [5.74, 6) is -27.6. The molecule has 0 aliphatic rings. The Bertz CT molecular complexity index is 2310. The van der Waals surface area contributed by atoms with E-state index in [1.807, 2.05) is 42.5 Å². The maximum absolute atomic E-state index is 13.6. The number of aliphatic hydroxyl groups is 2. The largest absolute Gasteiger partial charge is 0.481 e. The van der Waals surface area contributed by atoms with Crippen LogP contribution in [0.4, 0.5) is 0 Å². The van der Waals surface area contributed by atoms with Crippen molar-refractivity contribution < 1.29 is 127 Å². The number of nitrogens with two attached hydrogens (primary N) is 2. The van der Waals surface area contributed by atoms with E-state index in [1.165, 1.54) is 0 Å². The Labute approximate surface area is 430 Å². The number of aliphatic carboxylic acids is 6. The Morgan fingerprint density at radius 2 is 0.610 bits per heavy atom. The Morgan fingerprint density at radius 1 is 0.351 bits per heavy atom. The number of hydrogen-bond donors (Lipinski definition) is 20. The molecule has 22 N–H and O–H groups in total. The number of amides is 12. The number of carbonyl (C=O) groups excluding carboxylic acids is 12. The molecular formula is C39H56N12O26. The van der Waals surface area contributed by atoms with Gasteiger partial charge in [-0.2, -0.15) is 0 Å². The molecule has 0 aliphatic heterocycles. The Kier molecular flexibility index (Phi) is 29.1. The fourth-order valence-electron chi connectivity index (χ4n) is 5.90. The predicted octanol–water partition coefficient (Wildman–Crippen LogP) is -11.9. The van der Waals surface area contributed by atoms with Gasteiger partial charge in [-0.05, 0) is 6.42 Å². The maximum atomic E-state index is 13.6. The van der Waals surface area contributed by atoms with E-state index in [4.69, 9.17) is 16.6 Å². The van der Waals surface area contributed by atoms with Crippen molar-refractivity contribution >= 4 is 107 Å². The summed E-state index contributed by atoms with van der Waals surface area (Å²) in [5, 5.41) is 94.2. The Morgan fingerprint density at radius 3 is 0.896 bits per heavy atom. The van der Waals surface area contributed by atoms with E-state index in [9.17, 15) is 122 Å². The van der Waals surface area contributed by atoms with Gasteiger partial charge in [0.25, 0.3) is 0 Å². The molecular weight excluding hydrogens is 1050 g/mol. The van der Waals surface area contributed by atoms with Crippen LogP contribution in [-0.4, -0.2) is 222 Å². The molecule has 38 heteroatoms. The summed E-state index contributed by atoms with van der Waals surface area (Å²) in [5.41, 5.74) is 10.3. The fraction of sp³-hybridized carbons (Fsp3) is 0.538. The first-order valence-corrected chi connectivity index (χ1v) is 21.8. The number of carbonyl (C=O) groups is 18. The van der Waals surface area contributed by atoms with E-state index in [0.717, 1.165) is 6.92 Å². The van der Waals surface area contributed by atoms with Gasteiger partial charge in [-0.25, -0.2) is 4.79 Å². The predicted molar refractivity (Wildman–Crippen MR) is 241 cm³/mol. The first-order chi connectivity index (χ1) is 35.7. The van der Waals surface area contributed by atoms with Gasteiger partial charge in [0.2, 0.25) is 70.9 Å². The van der Waals surface area contributed by atoms with E-state index in [1.54, 1.807) is 5.32 Å². The topological polar surface area (TPSA) is 641 Å². The van der Waals surface area contributed by atoms with E-state index in [2.05, 4.69) is 5.32 Å². The minimum absolute atomic E-state index is 0.702. The van der Waals surface area contributed by atoms with Gasteiger partial charge in [0.05, 0.1) is 58.3 Å². The molecule has 9 atom stereocenters. The van der Waals surface area contributed by atoms with E-state index >= 15 is 0 Å². The molecule has 77 heavy (non-hydrogen) atoms. The van der Waals surface area contributed by atoms with Crippen LogP contribution in [0.3, 0.4) is 0 Å². The summed E-state index contributed by atoms with van der Waals surface area (Å²) in [6.07, 6.45) is -9.28. The first kappa shape index (κ1) is 67.4. The number of primary amides is 2. The molecule has 38 nitrogen and oxygen atoms in total. The second-order valence-electron chi connectivity index (χ2n) is 15.9. The third-order valence-electron chi connectivity index (χ3n) is 9.53. The van der Waals surface area contributed by atoms with Crippen molar-refractivity contribution in [2.75, 3.05) is 19.8 Å². The van der Waals surface area contributed by atoms with Crippen molar-refractivity contribution in [3.63, 3.8) is 0 Å². The smallest absolute Gasteiger partial charge is 0.326 e. The summed E-state index contributed by atoms with van der Waals surface area (Å²) < 4.78 is 0. The molecule has 0 fully saturated rings. The van der Waals surface area contributed by atoms with E-state index < -0.39 is 232 Å². The summed E-state index contributed by atoms with van der Waals surface area (Å²) >= 11 is 0. The van der Waals surface area contributed by atoms with Gasteiger partial charge in [-0.15, -0.1) is 0 Å². The highest BCUT2D eigenvalue weighted by atomic mass is 16.4. The number of carboxylic acid groups (broad SMARTS) is 6. The first-order valence-electron chi connectivity index (χ1n) is 21.8. The van der Waals surface area contributed by atoms with Gasteiger partial charge in [0, 0.05) is 13.3 Å². The van der Waals surface area contributed by atoms with Crippen molar-refractivity contribution in [2.24, 2.45) is 11.5 Å². The second kappa shape index (κ2) is 33.2. The van der Waals surface area contributed by atoms with Crippen molar-refractivity contribution in [1.29, 1.82) is 0 Å². The minimum Gasteiger partial charge on any atom is -0.481 e. The SMILES string of the molecule is CC(=O)NCC(=O)N[C@H](CC(=O)O)C(=O)N[C@H](CC(N)=O)C(=O)N[C@H](CC(=O)O)C(=O)N[C@H](CO)C(=O)N[C@H](CCC(=O)O)C(=O)N[C@H](CC(=O)O)C(=O)N[C@H](CC(N)=O)C(=O)N[C@H](CO)C(=O)N[C@H](CC(=O)O)C(=O)O. The monoisotopic (exact) mass is 1110 g/mol. The van der Waals surface area contributed by atoms with Gasteiger partial charge in [0.15, 0.2) is 0 Å².